The van der Waals surface area contributed by atoms with Crippen LogP contribution >= 0.6 is 11.9 Å². The first-order chi connectivity index (χ1) is 17.0. The molecule has 7 nitrogen and oxygen atoms in total. The lowest BCUT2D eigenvalue weighted by molar-refractivity contribution is 0.132. The summed E-state index contributed by atoms with van der Waals surface area (Å²) in [5.74, 6) is 7.54. The van der Waals surface area contributed by atoms with Gasteiger partial charge in [-0.25, -0.2) is 5.01 Å². The average Bonchev–Trinajstić information content (AvgIpc) is 2.88. The summed E-state index contributed by atoms with van der Waals surface area (Å²) < 4.78 is 5.55. The fourth-order valence-corrected chi connectivity index (χ4v) is 5.08. The Hall–Kier alpha value is -1.99. The molecule has 1 aliphatic heterocycles. The van der Waals surface area contributed by atoms with Crippen LogP contribution in [0.2, 0.25) is 0 Å². The topological polar surface area (TPSA) is 94.8 Å². The van der Waals surface area contributed by atoms with Crippen molar-refractivity contribution in [2.45, 2.75) is 56.9 Å². The molecule has 2 unspecified atom stereocenters. The number of aliphatic hydroxyl groups excluding tert-OH is 1. The number of nitrogens with zero attached hydrogens (tertiary/aromatic N) is 1. The molecule has 0 saturated carbocycles. The third kappa shape index (κ3) is 8.57. The van der Waals surface area contributed by atoms with Gasteiger partial charge in [-0.2, -0.15) is 0 Å². The van der Waals surface area contributed by atoms with E-state index in [0.29, 0.717) is 24.4 Å². The number of hydrazine groups is 1. The zero-order valence-corrected chi connectivity index (χ0v) is 22.1. The quantitative estimate of drug-likeness (QED) is 0.248. The van der Waals surface area contributed by atoms with Crippen molar-refractivity contribution in [2.24, 2.45) is 5.14 Å². The number of piperidine rings is 1. The maximum Gasteiger partial charge on any atom is 0.110 e. The van der Waals surface area contributed by atoms with E-state index in [-0.39, 0.29) is 12.6 Å². The molecule has 1 heterocycles. The predicted octanol–water partition coefficient (Wildman–Crippen LogP) is 3.03. The van der Waals surface area contributed by atoms with Crippen molar-refractivity contribution in [3.05, 3.63) is 46.7 Å². The normalized spacial score (nSPS) is 21.7. The van der Waals surface area contributed by atoms with Crippen LogP contribution in [0, 0.1) is 18.8 Å². The van der Waals surface area contributed by atoms with Crippen LogP contribution in [0.3, 0.4) is 0 Å². The Balaban J connectivity index is 1.57. The molecule has 1 fully saturated rings. The van der Waals surface area contributed by atoms with Gasteiger partial charge in [0.05, 0.1) is 26.3 Å². The van der Waals surface area contributed by atoms with Gasteiger partial charge < -0.3 is 15.2 Å². The van der Waals surface area contributed by atoms with Gasteiger partial charge >= 0.3 is 0 Å². The lowest BCUT2D eigenvalue weighted by atomic mass is 10.00. The number of methoxy groups -OCH3 is 1. The second kappa shape index (κ2) is 14.5. The standard InChI is InChI=1S/C27H41N5O2S/c1-20(6-5-13-29-26-10-9-23(35-28)19-27(26)34-3)18-24-21(2)7-4-8-25(24)31-22-11-15-32(16-12-22)30-14-17-33/h4,7-8,18-19,22-23,26,29-31,33H,9-17,28H2,1-3H3/b20-18+. The van der Waals surface area contributed by atoms with Gasteiger partial charge in [-0.15, -0.1) is 0 Å². The third-order valence-corrected chi connectivity index (χ3v) is 7.27. The minimum atomic E-state index is 0.162. The predicted molar refractivity (Wildman–Crippen MR) is 148 cm³/mol. The first-order valence-corrected chi connectivity index (χ1v) is 13.5. The van der Waals surface area contributed by atoms with Crippen molar-refractivity contribution in [1.82, 2.24) is 15.8 Å². The maximum absolute atomic E-state index is 9.01. The molecule has 2 aliphatic rings. The summed E-state index contributed by atoms with van der Waals surface area (Å²) in [5, 5.41) is 24.5. The van der Waals surface area contributed by atoms with E-state index >= 15 is 0 Å². The summed E-state index contributed by atoms with van der Waals surface area (Å²) >= 11 is 1.38. The van der Waals surface area contributed by atoms with Crippen LogP contribution in [0.15, 0.2) is 35.6 Å². The van der Waals surface area contributed by atoms with E-state index in [0.717, 1.165) is 55.8 Å². The largest absolute Gasteiger partial charge is 0.500 e. The lowest BCUT2D eigenvalue weighted by Crippen LogP contribution is -2.47. The molecule has 0 radical (unpaired) electrons. The molecule has 8 heteroatoms. The molecule has 0 amide bonds. The average molecular weight is 500 g/mol. The van der Waals surface area contributed by atoms with E-state index < -0.39 is 0 Å². The van der Waals surface area contributed by atoms with Gasteiger partial charge in [-0.3, -0.25) is 15.9 Å². The molecular weight excluding hydrogens is 458 g/mol. The van der Waals surface area contributed by atoms with Crippen LogP contribution in [0.5, 0.6) is 0 Å². The molecule has 3 rings (SSSR count). The number of aryl methyl sites for hydroxylation is 1. The van der Waals surface area contributed by atoms with Gasteiger partial charge in [0, 0.05) is 42.2 Å². The highest BCUT2D eigenvalue weighted by Gasteiger charge is 2.23. The van der Waals surface area contributed by atoms with Gasteiger partial charge in [-0.05, 0) is 68.9 Å². The number of benzene rings is 1. The van der Waals surface area contributed by atoms with E-state index in [2.05, 4.69) is 77.1 Å². The SMILES string of the molecule is COC1=CC(SN)CCC1NCC#C/C(C)=C/c1c(C)cccc1NC1CCN(NCCO)CC1. The van der Waals surface area contributed by atoms with Crippen molar-refractivity contribution in [3.63, 3.8) is 0 Å². The number of anilines is 1. The van der Waals surface area contributed by atoms with E-state index in [1.165, 1.54) is 23.1 Å². The second-order valence-electron chi connectivity index (χ2n) is 9.16. The van der Waals surface area contributed by atoms with Crippen molar-refractivity contribution >= 4 is 23.7 Å². The molecule has 1 aliphatic carbocycles. The Morgan fingerprint density at radius 3 is 2.80 bits per heavy atom. The number of nitrogens with two attached hydrogens (primary N) is 1. The van der Waals surface area contributed by atoms with Gasteiger partial charge in [0.2, 0.25) is 0 Å². The number of hydrogen-bond acceptors (Lipinski definition) is 8. The fraction of sp³-hybridized carbons (Fsp3) is 0.556. The highest BCUT2D eigenvalue weighted by atomic mass is 32.2. The summed E-state index contributed by atoms with van der Waals surface area (Å²) in [7, 11) is 1.72. The molecule has 192 valence electrons. The highest BCUT2D eigenvalue weighted by molar-refractivity contribution is 7.97. The van der Waals surface area contributed by atoms with Gasteiger partial charge in [-0.1, -0.05) is 35.9 Å². The lowest BCUT2D eigenvalue weighted by Gasteiger charge is -2.33. The van der Waals surface area contributed by atoms with Crippen LogP contribution in [-0.2, 0) is 4.74 Å². The van der Waals surface area contributed by atoms with Gasteiger partial charge in [0.15, 0.2) is 0 Å². The number of ether oxygens (including phenoxy) is 1. The molecule has 1 aromatic carbocycles. The number of allylic oxidation sites excluding steroid dienone is 1. The summed E-state index contributed by atoms with van der Waals surface area (Å²) in [6.45, 7) is 7.54. The Labute approximate surface area is 215 Å². The van der Waals surface area contributed by atoms with E-state index in [4.69, 9.17) is 15.0 Å². The Kier molecular flexibility index (Phi) is 11.5. The first kappa shape index (κ1) is 27.6. The fourth-order valence-electron chi connectivity index (χ4n) is 4.59. The third-order valence-electron chi connectivity index (χ3n) is 6.55. The van der Waals surface area contributed by atoms with E-state index in [1.807, 2.05) is 0 Å². The number of aliphatic hydroxyl groups is 1. The molecule has 2 atom stereocenters. The van der Waals surface area contributed by atoms with Crippen molar-refractivity contribution in [2.75, 3.05) is 45.2 Å². The number of rotatable bonds is 10. The van der Waals surface area contributed by atoms with Crippen LogP contribution in [0.25, 0.3) is 6.08 Å². The van der Waals surface area contributed by atoms with E-state index in [1.54, 1.807) is 7.11 Å². The van der Waals surface area contributed by atoms with Gasteiger partial charge in [0.25, 0.3) is 0 Å². The summed E-state index contributed by atoms with van der Waals surface area (Å²) in [6, 6.07) is 7.04. The minimum absolute atomic E-state index is 0.162. The number of hydrogen-bond donors (Lipinski definition) is 5. The molecule has 0 aromatic heterocycles. The zero-order valence-electron chi connectivity index (χ0n) is 21.3. The van der Waals surface area contributed by atoms with Crippen LogP contribution in [-0.4, -0.2) is 67.3 Å². The van der Waals surface area contributed by atoms with Crippen LogP contribution < -0.4 is 21.2 Å². The Morgan fingerprint density at radius 2 is 2.09 bits per heavy atom. The minimum Gasteiger partial charge on any atom is -0.500 e. The van der Waals surface area contributed by atoms with E-state index in [9.17, 15) is 0 Å². The molecule has 0 bridgehead atoms. The van der Waals surface area contributed by atoms with Gasteiger partial charge in [0.1, 0.15) is 5.76 Å². The highest BCUT2D eigenvalue weighted by Crippen LogP contribution is 2.26. The van der Waals surface area contributed by atoms with Crippen LogP contribution in [0.1, 0.15) is 43.7 Å². The molecule has 6 N–H and O–H groups in total. The van der Waals surface area contributed by atoms with Crippen molar-refractivity contribution in [3.8, 4) is 11.8 Å². The van der Waals surface area contributed by atoms with Crippen LogP contribution in [0.4, 0.5) is 5.69 Å². The van der Waals surface area contributed by atoms with Crippen molar-refractivity contribution < 1.29 is 9.84 Å². The first-order valence-electron chi connectivity index (χ1n) is 12.5. The molecule has 1 aromatic rings. The summed E-state index contributed by atoms with van der Waals surface area (Å²) in [5.41, 5.74) is 7.91. The molecule has 1 saturated heterocycles. The Bertz CT molecular complexity index is 931. The smallest absolute Gasteiger partial charge is 0.110 e. The monoisotopic (exact) mass is 499 g/mol. The molecule has 0 spiro atoms. The summed E-state index contributed by atoms with van der Waals surface area (Å²) in [4.78, 5) is 0. The zero-order chi connectivity index (χ0) is 25.0. The molecule has 35 heavy (non-hydrogen) atoms. The maximum atomic E-state index is 9.01. The van der Waals surface area contributed by atoms with Crippen molar-refractivity contribution in [1.29, 1.82) is 0 Å². The molecular formula is C27H41N5O2S. The Morgan fingerprint density at radius 1 is 1.29 bits per heavy atom. The second-order valence-corrected chi connectivity index (χ2v) is 10.0. The number of nitrogens with one attached hydrogen (secondary N) is 3. The summed E-state index contributed by atoms with van der Waals surface area (Å²) in [6.07, 6.45) is 8.46.